The number of methoxy groups -OCH3 is 2. The van der Waals surface area contributed by atoms with Crippen LogP contribution in [0.1, 0.15) is 12.0 Å². The number of hydrogen-bond donors (Lipinski definition) is 2. The van der Waals surface area contributed by atoms with Crippen molar-refractivity contribution in [1.82, 2.24) is 15.8 Å². The summed E-state index contributed by atoms with van der Waals surface area (Å²) in [5.41, 5.74) is 3.41. The van der Waals surface area contributed by atoms with E-state index in [0.29, 0.717) is 34.6 Å². The summed E-state index contributed by atoms with van der Waals surface area (Å²) in [5, 5.41) is 5.50. The molecule has 23 heavy (non-hydrogen) atoms. The summed E-state index contributed by atoms with van der Waals surface area (Å²) in [6.07, 6.45) is 0.971. The Morgan fingerprint density at radius 2 is 2.13 bits per heavy atom. The second-order valence-corrected chi connectivity index (χ2v) is 5.63. The number of thiocarbonyl (C=S) groups is 1. The monoisotopic (exact) mass is 359 g/mol. The van der Waals surface area contributed by atoms with E-state index in [-0.39, 0.29) is 12.3 Å². The first kappa shape index (κ1) is 19.5. The molecule has 128 valence electrons. The van der Waals surface area contributed by atoms with Gasteiger partial charge in [-0.25, -0.2) is 0 Å². The molecule has 0 heterocycles. The summed E-state index contributed by atoms with van der Waals surface area (Å²) < 4.78 is 10.2. The summed E-state index contributed by atoms with van der Waals surface area (Å²) in [4.78, 5) is 12.1. The number of carbonyl (C=O) groups excluding carboxylic acids is 1. The Balaban J connectivity index is 2.49. The molecule has 1 amide bonds. The SMILES string of the molecule is COCCCNC(=S)N(C)NC(=O)Cc1cc(Cl)ccc1OC. The van der Waals surface area contributed by atoms with Gasteiger partial charge in [0.2, 0.25) is 5.91 Å². The van der Waals surface area contributed by atoms with Gasteiger partial charge in [0, 0.05) is 37.9 Å². The van der Waals surface area contributed by atoms with Gasteiger partial charge in [-0.15, -0.1) is 0 Å². The standard InChI is InChI=1S/C15H22ClN3O3S/c1-19(15(23)17-7-4-8-21-2)18-14(20)10-11-9-12(16)5-6-13(11)22-3/h5-6,9H,4,7-8,10H2,1-3H3,(H,17,23)(H,18,20). The third-order valence-corrected chi connectivity index (χ3v) is 3.65. The first-order valence-electron chi connectivity index (χ1n) is 7.10. The molecule has 0 radical (unpaired) electrons. The lowest BCUT2D eigenvalue weighted by Gasteiger charge is -2.22. The molecule has 0 unspecified atom stereocenters. The first-order valence-corrected chi connectivity index (χ1v) is 7.89. The Kier molecular flexibility index (Phi) is 8.68. The average molecular weight is 360 g/mol. The molecule has 1 rings (SSSR count). The fourth-order valence-electron chi connectivity index (χ4n) is 1.87. The number of carbonyl (C=O) groups is 1. The fraction of sp³-hybridized carbons (Fsp3) is 0.467. The zero-order valence-corrected chi connectivity index (χ0v) is 15.1. The smallest absolute Gasteiger partial charge is 0.243 e. The van der Waals surface area contributed by atoms with Gasteiger partial charge in [0.1, 0.15) is 5.75 Å². The highest BCUT2D eigenvalue weighted by Crippen LogP contribution is 2.22. The maximum Gasteiger partial charge on any atom is 0.243 e. The van der Waals surface area contributed by atoms with E-state index in [1.54, 1.807) is 39.5 Å². The van der Waals surface area contributed by atoms with E-state index in [2.05, 4.69) is 10.7 Å². The Hall–Kier alpha value is -1.57. The molecule has 0 aliphatic rings. The van der Waals surface area contributed by atoms with Gasteiger partial charge < -0.3 is 14.8 Å². The molecule has 0 aromatic heterocycles. The van der Waals surface area contributed by atoms with E-state index in [0.717, 1.165) is 6.42 Å². The molecular weight excluding hydrogens is 338 g/mol. The van der Waals surface area contributed by atoms with Gasteiger partial charge in [-0.1, -0.05) is 11.6 Å². The predicted octanol–water partition coefficient (Wildman–Crippen LogP) is 1.77. The number of hydrazine groups is 1. The normalized spacial score (nSPS) is 10.1. The van der Waals surface area contributed by atoms with Crippen molar-refractivity contribution in [3.8, 4) is 5.75 Å². The quantitative estimate of drug-likeness (QED) is 0.439. The van der Waals surface area contributed by atoms with Gasteiger partial charge in [0.15, 0.2) is 5.11 Å². The summed E-state index contributed by atoms with van der Waals surface area (Å²) in [5.74, 6) is 0.404. The second-order valence-electron chi connectivity index (χ2n) is 4.81. The van der Waals surface area contributed by atoms with Crippen LogP contribution in [0, 0.1) is 0 Å². The molecule has 2 N–H and O–H groups in total. The highest BCUT2D eigenvalue weighted by Gasteiger charge is 2.12. The van der Waals surface area contributed by atoms with Crippen LogP contribution in [0.4, 0.5) is 0 Å². The van der Waals surface area contributed by atoms with Crippen molar-refractivity contribution in [3.05, 3.63) is 28.8 Å². The Bertz CT molecular complexity index is 543. The number of nitrogens with one attached hydrogen (secondary N) is 2. The van der Waals surface area contributed by atoms with Crippen LogP contribution in [0.15, 0.2) is 18.2 Å². The van der Waals surface area contributed by atoms with Gasteiger partial charge in [-0.05, 0) is 36.8 Å². The molecule has 0 aliphatic carbocycles. The number of halogens is 1. The van der Waals surface area contributed by atoms with Crippen LogP contribution >= 0.6 is 23.8 Å². The Morgan fingerprint density at radius 1 is 1.39 bits per heavy atom. The van der Waals surface area contributed by atoms with Crippen LogP contribution in [-0.4, -0.2) is 50.4 Å². The maximum absolute atomic E-state index is 12.1. The van der Waals surface area contributed by atoms with Crippen molar-refractivity contribution in [1.29, 1.82) is 0 Å². The third kappa shape index (κ3) is 7.02. The van der Waals surface area contributed by atoms with Crippen molar-refractivity contribution in [2.45, 2.75) is 12.8 Å². The molecule has 0 saturated carbocycles. The Morgan fingerprint density at radius 3 is 2.78 bits per heavy atom. The van der Waals surface area contributed by atoms with E-state index in [1.807, 2.05) is 0 Å². The van der Waals surface area contributed by atoms with Crippen LogP contribution in [0.25, 0.3) is 0 Å². The first-order chi connectivity index (χ1) is 11.0. The van der Waals surface area contributed by atoms with Crippen molar-refractivity contribution in [2.24, 2.45) is 0 Å². The number of benzene rings is 1. The summed E-state index contributed by atoms with van der Waals surface area (Å²) >= 11 is 11.1. The highest BCUT2D eigenvalue weighted by molar-refractivity contribution is 7.80. The minimum atomic E-state index is -0.214. The van der Waals surface area contributed by atoms with E-state index in [4.69, 9.17) is 33.3 Å². The van der Waals surface area contributed by atoms with E-state index in [1.165, 1.54) is 5.01 Å². The van der Waals surface area contributed by atoms with Gasteiger partial charge in [0.25, 0.3) is 0 Å². The molecule has 0 spiro atoms. The number of amides is 1. The van der Waals surface area contributed by atoms with Crippen LogP contribution in [-0.2, 0) is 16.0 Å². The van der Waals surface area contributed by atoms with Crippen molar-refractivity contribution in [2.75, 3.05) is 34.4 Å². The minimum Gasteiger partial charge on any atom is -0.496 e. The van der Waals surface area contributed by atoms with E-state index in [9.17, 15) is 4.79 Å². The number of nitrogens with zero attached hydrogens (tertiary/aromatic N) is 1. The molecule has 0 saturated heterocycles. The molecule has 0 aliphatic heterocycles. The van der Waals surface area contributed by atoms with E-state index >= 15 is 0 Å². The molecule has 0 bridgehead atoms. The summed E-state index contributed by atoms with van der Waals surface area (Å²) in [6, 6.07) is 5.16. The van der Waals surface area contributed by atoms with Crippen LogP contribution in [0.2, 0.25) is 5.02 Å². The largest absolute Gasteiger partial charge is 0.496 e. The zero-order chi connectivity index (χ0) is 17.2. The van der Waals surface area contributed by atoms with Crippen LogP contribution < -0.4 is 15.5 Å². The molecule has 6 nitrogen and oxygen atoms in total. The summed E-state index contributed by atoms with van der Waals surface area (Å²) in [7, 11) is 4.88. The third-order valence-electron chi connectivity index (χ3n) is 2.99. The second kappa shape index (κ2) is 10.3. The van der Waals surface area contributed by atoms with Crippen LogP contribution in [0.5, 0.6) is 5.75 Å². The topological polar surface area (TPSA) is 62.8 Å². The van der Waals surface area contributed by atoms with Gasteiger partial charge in [-0.3, -0.25) is 15.2 Å². The van der Waals surface area contributed by atoms with Gasteiger partial charge >= 0.3 is 0 Å². The Labute approximate surface area is 147 Å². The lowest BCUT2D eigenvalue weighted by Crippen LogP contribution is -2.48. The maximum atomic E-state index is 12.1. The fourth-order valence-corrected chi connectivity index (χ4v) is 2.21. The van der Waals surface area contributed by atoms with Crippen molar-refractivity contribution < 1.29 is 14.3 Å². The predicted molar refractivity (Wildman–Crippen MR) is 94.7 cm³/mol. The molecular formula is C15H22ClN3O3S. The lowest BCUT2D eigenvalue weighted by atomic mass is 10.1. The average Bonchev–Trinajstić information content (AvgIpc) is 2.51. The lowest BCUT2D eigenvalue weighted by molar-refractivity contribution is -0.123. The molecule has 0 fully saturated rings. The molecule has 0 atom stereocenters. The van der Waals surface area contributed by atoms with Crippen molar-refractivity contribution >= 4 is 34.8 Å². The van der Waals surface area contributed by atoms with E-state index < -0.39 is 0 Å². The highest BCUT2D eigenvalue weighted by atomic mass is 35.5. The molecule has 1 aromatic carbocycles. The zero-order valence-electron chi connectivity index (χ0n) is 13.5. The van der Waals surface area contributed by atoms with Gasteiger partial charge in [-0.2, -0.15) is 0 Å². The molecule has 8 heteroatoms. The van der Waals surface area contributed by atoms with Crippen molar-refractivity contribution in [3.63, 3.8) is 0 Å². The number of hydrogen-bond acceptors (Lipinski definition) is 4. The number of ether oxygens (including phenoxy) is 2. The summed E-state index contributed by atoms with van der Waals surface area (Å²) in [6.45, 7) is 1.33. The van der Waals surface area contributed by atoms with Crippen LogP contribution in [0.3, 0.4) is 0 Å². The number of rotatable bonds is 7. The van der Waals surface area contributed by atoms with Gasteiger partial charge in [0.05, 0.1) is 13.5 Å². The minimum absolute atomic E-state index is 0.139. The molecule has 1 aromatic rings.